The summed E-state index contributed by atoms with van der Waals surface area (Å²) in [5, 5.41) is 5.66. The summed E-state index contributed by atoms with van der Waals surface area (Å²) in [7, 11) is 1.62. The van der Waals surface area contributed by atoms with Crippen molar-refractivity contribution in [2.24, 2.45) is 11.8 Å². The highest BCUT2D eigenvalue weighted by Gasteiger charge is 2.42. The SMILES string of the molecule is CCCC(CN1CC(C(=O)NC)CC1C(=O)OC(C)(C)C)C(C)NC(C)=O. The summed E-state index contributed by atoms with van der Waals surface area (Å²) in [6.07, 6.45) is 2.38. The number of nitrogens with zero attached hydrogens (tertiary/aromatic N) is 1. The Morgan fingerprint density at radius 3 is 2.37 bits per heavy atom. The molecule has 1 rings (SSSR count). The van der Waals surface area contributed by atoms with Crippen LogP contribution in [-0.2, 0) is 19.1 Å². The van der Waals surface area contributed by atoms with Crippen LogP contribution in [0.25, 0.3) is 0 Å². The maximum atomic E-state index is 12.7. The maximum absolute atomic E-state index is 12.7. The van der Waals surface area contributed by atoms with Crippen LogP contribution in [0.2, 0.25) is 0 Å². The van der Waals surface area contributed by atoms with Crippen LogP contribution in [0.1, 0.15) is 60.8 Å². The smallest absolute Gasteiger partial charge is 0.323 e. The van der Waals surface area contributed by atoms with Gasteiger partial charge >= 0.3 is 5.97 Å². The van der Waals surface area contributed by atoms with Crippen molar-refractivity contribution in [3.05, 3.63) is 0 Å². The number of hydrogen-bond acceptors (Lipinski definition) is 5. The molecule has 0 bridgehead atoms. The van der Waals surface area contributed by atoms with Gasteiger partial charge in [-0.25, -0.2) is 0 Å². The summed E-state index contributed by atoms with van der Waals surface area (Å²) in [6.45, 7) is 12.3. The fraction of sp³-hybridized carbons (Fsp3) is 0.850. The van der Waals surface area contributed by atoms with Gasteiger partial charge in [0.25, 0.3) is 0 Å². The Bertz CT molecular complexity index is 530. The molecule has 1 aliphatic rings. The van der Waals surface area contributed by atoms with E-state index in [4.69, 9.17) is 4.74 Å². The number of carbonyl (C=O) groups excluding carboxylic acids is 3. The van der Waals surface area contributed by atoms with E-state index in [1.54, 1.807) is 7.05 Å². The van der Waals surface area contributed by atoms with E-state index in [9.17, 15) is 14.4 Å². The fourth-order valence-corrected chi connectivity index (χ4v) is 3.72. The first-order valence-electron chi connectivity index (χ1n) is 9.94. The van der Waals surface area contributed by atoms with Crippen LogP contribution in [0, 0.1) is 11.8 Å². The van der Waals surface area contributed by atoms with Gasteiger partial charge in [0.2, 0.25) is 11.8 Å². The van der Waals surface area contributed by atoms with Gasteiger partial charge in [0.1, 0.15) is 11.6 Å². The Morgan fingerprint density at radius 2 is 1.89 bits per heavy atom. The largest absolute Gasteiger partial charge is 0.459 e. The van der Waals surface area contributed by atoms with E-state index in [2.05, 4.69) is 22.5 Å². The van der Waals surface area contributed by atoms with Crippen molar-refractivity contribution < 1.29 is 19.1 Å². The van der Waals surface area contributed by atoms with Gasteiger partial charge in [-0.05, 0) is 46.5 Å². The predicted molar refractivity (Wildman–Crippen MR) is 105 cm³/mol. The van der Waals surface area contributed by atoms with Crippen LogP contribution in [-0.4, -0.2) is 60.5 Å². The summed E-state index contributed by atoms with van der Waals surface area (Å²) in [5.41, 5.74) is -0.569. The normalized spacial score (nSPS) is 22.8. The van der Waals surface area contributed by atoms with Crippen LogP contribution in [0.15, 0.2) is 0 Å². The van der Waals surface area contributed by atoms with Crippen LogP contribution >= 0.6 is 0 Å². The monoisotopic (exact) mass is 383 g/mol. The predicted octanol–water partition coefficient (Wildman–Crippen LogP) is 1.71. The van der Waals surface area contributed by atoms with Gasteiger partial charge in [0.15, 0.2) is 0 Å². The summed E-state index contributed by atoms with van der Waals surface area (Å²) in [5.74, 6) is -0.417. The molecule has 0 saturated carbocycles. The maximum Gasteiger partial charge on any atom is 0.323 e. The lowest BCUT2D eigenvalue weighted by atomic mass is 9.95. The van der Waals surface area contributed by atoms with Crippen molar-refractivity contribution >= 4 is 17.8 Å². The number of hydrogen-bond donors (Lipinski definition) is 2. The highest BCUT2D eigenvalue weighted by Crippen LogP contribution is 2.28. The first kappa shape index (κ1) is 23.4. The summed E-state index contributed by atoms with van der Waals surface area (Å²) < 4.78 is 5.60. The first-order valence-corrected chi connectivity index (χ1v) is 9.94. The van der Waals surface area contributed by atoms with Gasteiger partial charge in [0.05, 0.1) is 5.92 Å². The van der Waals surface area contributed by atoms with Crippen molar-refractivity contribution in [2.45, 2.75) is 78.5 Å². The van der Waals surface area contributed by atoms with Gasteiger partial charge < -0.3 is 15.4 Å². The lowest BCUT2D eigenvalue weighted by molar-refractivity contribution is -0.160. The number of nitrogens with one attached hydrogen (secondary N) is 2. The second-order valence-corrected chi connectivity index (χ2v) is 8.59. The fourth-order valence-electron chi connectivity index (χ4n) is 3.72. The zero-order valence-corrected chi connectivity index (χ0v) is 17.9. The second-order valence-electron chi connectivity index (χ2n) is 8.59. The molecule has 1 saturated heterocycles. The standard InChI is InChI=1S/C20H37N3O4/c1-8-9-15(13(2)22-14(3)24)11-23-12-16(18(25)21-7)10-17(23)19(26)27-20(4,5)6/h13,15-17H,8-12H2,1-7H3,(H,21,25)(H,22,24). The van der Waals surface area contributed by atoms with Gasteiger partial charge in [-0.3, -0.25) is 19.3 Å². The Balaban J connectivity index is 2.96. The van der Waals surface area contributed by atoms with E-state index >= 15 is 0 Å². The van der Waals surface area contributed by atoms with Crippen molar-refractivity contribution in [2.75, 3.05) is 20.1 Å². The molecule has 7 nitrogen and oxygen atoms in total. The summed E-state index contributed by atoms with van der Waals surface area (Å²) >= 11 is 0. The van der Waals surface area contributed by atoms with E-state index in [0.29, 0.717) is 19.5 Å². The summed E-state index contributed by atoms with van der Waals surface area (Å²) in [6, 6.07) is -0.434. The number of likely N-dealkylation sites (tertiary alicyclic amines) is 1. The third-order valence-corrected chi connectivity index (χ3v) is 4.97. The minimum atomic E-state index is -0.569. The molecule has 2 amide bonds. The van der Waals surface area contributed by atoms with Gasteiger partial charge in [-0.2, -0.15) is 0 Å². The molecule has 0 aromatic heterocycles. The Kier molecular flexibility index (Phi) is 8.72. The van der Waals surface area contributed by atoms with E-state index in [0.717, 1.165) is 12.8 Å². The van der Waals surface area contributed by atoms with Crippen LogP contribution in [0.3, 0.4) is 0 Å². The zero-order valence-electron chi connectivity index (χ0n) is 17.9. The van der Waals surface area contributed by atoms with Crippen LogP contribution in [0.4, 0.5) is 0 Å². The average Bonchev–Trinajstić information content (AvgIpc) is 2.95. The quantitative estimate of drug-likeness (QED) is 0.623. The van der Waals surface area contributed by atoms with Crippen molar-refractivity contribution in [3.63, 3.8) is 0 Å². The highest BCUT2D eigenvalue weighted by atomic mass is 16.6. The van der Waals surface area contributed by atoms with Crippen molar-refractivity contribution in [1.82, 2.24) is 15.5 Å². The lowest BCUT2D eigenvalue weighted by Crippen LogP contribution is -2.47. The minimum Gasteiger partial charge on any atom is -0.459 e. The number of rotatable bonds is 8. The molecule has 0 aromatic rings. The third-order valence-electron chi connectivity index (χ3n) is 4.97. The highest BCUT2D eigenvalue weighted by molar-refractivity contribution is 5.82. The first-order chi connectivity index (χ1) is 12.5. The number of amides is 2. The second kappa shape index (κ2) is 10.1. The molecule has 1 fully saturated rings. The van der Waals surface area contributed by atoms with Gasteiger partial charge in [0, 0.05) is 33.1 Å². The van der Waals surface area contributed by atoms with E-state index < -0.39 is 11.6 Å². The number of esters is 1. The molecule has 0 aromatic carbocycles. The van der Waals surface area contributed by atoms with Crippen LogP contribution < -0.4 is 10.6 Å². The summed E-state index contributed by atoms with van der Waals surface area (Å²) in [4.78, 5) is 38.4. The van der Waals surface area contributed by atoms with E-state index in [1.165, 1.54) is 6.92 Å². The molecule has 4 atom stereocenters. The molecule has 0 spiro atoms. The third kappa shape index (κ3) is 7.48. The molecule has 0 aliphatic carbocycles. The van der Waals surface area contributed by atoms with Crippen molar-refractivity contribution in [1.29, 1.82) is 0 Å². The van der Waals surface area contributed by atoms with Crippen LogP contribution in [0.5, 0.6) is 0 Å². The molecular formula is C20H37N3O4. The number of ether oxygens (including phenoxy) is 1. The molecular weight excluding hydrogens is 346 g/mol. The van der Waals surface area contributed by atoms with E-state index in [1.807, 2.05) is 27.7 Å². The Morgan fingerprint density at radius 1 is 1.26 bits per heavy atom. The molecule has 1 heterocycles. The van der Waals surface area contributed by atoms with Crippen molar-refractivity contribution in [3.8, 4) is 0 Å². The molecule has 4 unspecified atom stereocenters. The average molecular weight is 384 g/mol. The molecule has 0 radical (unpaired) electrons. The zero-order chi connectivity index (χ0) is 20.8. The van der Waals surface area contributed by atoms with Gasteiger partial charge in [-0.1, -0.05) is 13.3 Å². The molecule has 156 valence electrons. The van der Waals surface area contributed by atoms with E-state index in [-0.39, 0.29) is 35.7 Å². The van der Waals surface area contributed by atoms with Gasteiger partial charge in [-0.15, -0.1) is 0 Å². The Hall–Kier alpha value is -1.63. The number of carbonyl (C=O) groups is 3. The molecule has 1 aliphatic heterocycles. The Labute approximate surface area is 163 Å². The molecule has 7 heteroatoms. The minimum absolute atomic E-state index is 0.000730. The molecule has 27 heavy (non-hydrogen) atoms. The molecule has 2 N–H and O–H groups in total. The lowest BCUT2D eigenvalue weighted by Gasteiger charge is -2.32. The topological polar surface area (TPSA) is 87.7 Å².